The molecule has 0 spiro atoms. The number of aliphatic hydroxyl groups excluding tert-OH is 1. The van der Waals surface area contributed by atoms with E-state index in [-0.39, 0.29) is 11.3 Å². The Labute approximate surface area is 148 Å². The summed E-state index contributed by atoms with van der Waals surface area (Å²) in [6.07, 6.45) is -8.28. The lowest BCUT2D eigenvalue weighted by Crippen LogP contribution is -2.59. The van der Waals surface area contributed by atoms with Gasteiger partial charge < -0.3 is 15.4 Å². The molecular formula is C16H14F6N4O. The van der Waals surface area contributed by atoms with Crippen molar-refractivity contribution in [3.63, 3.8) is 0 Å². The van der Waals surface area contributed by atoms with E-state index in [0.717, 1.165) is 6.20 Å². The number of nitrogens with two attached hydrogens (primary N) is 1. The zero-order chi connectivity index (χ0) is 19.8. The van der Waals surface area contributed by atoms with Crippen molar-refractivity contribution in [2.24, 2.45) is 5.92 Å². The Morgan fingerprint density at radius 2 is 1.81 bits per heavy atom. The molecule has 11 heteroatoms. The second kappa shape index (κ2) is 5.37. The number of aliphatic hydroxyl groups is 1. The molecule has 5 nitrogen and oxygen atoms in total. The second-order valence-corrected chi connectivity index (χ2v) is 7.16. The average Bonchev–Trinajstić information content (AvgIpc) is 2.86. The lowest BCUT2D eigenvalue weighted by Gasteiger charge is -2.62. The zero-order valence-corrected chi connectivity index (χ0v) is 13.6. The third-order valence-corrected chi connectivity index (χ3v) is 5.32. The van der Waals surface area contributed by atoms with Crippen LogP contribution in [0.15, 0.2) is 18.5 Å². The topological polar surface area (TPSA) is 77.0 Å². The first-order valence-electron chi connectivity index (χ1n) is 8.08. The van der Waals surface area contributed by atoms with E-state index < -0.39 is 41.2 Å². The van der Waals surface area contributed by atoms with Gasteiger partial charge in [-0.15, -0.1) is 0 Å². The molecule has 3 aliphatic rings. The van der Waals surface area contributed by atoms with Gasteiger partial charge in [0.05, 0.1) is 11.3 Å². The fraction of sp³-hybridized carbons (Fsp3) is 0.500. The molecule has 5 rings (SSSR count). The van der Waals surface area contributed by atoms with Gasteiger partial charge in [0.2, 0.25) is 6.10 Å². The van der Waals surface area contributed by atoms with Gasteiger partial charge >= 0.3 is 12.4 Å². The summed E-state index contributed by atoms with van der Waals surface area (Å²) in [6, 6.07) is 0.695. The maximum atomic E-state index is 13.0. The third-order valence-electron chi connectivity index (χ3n) is 5.32. The summed E-state index contributed by atoms with van der Waals surface area (Å²) in [4.78, 5) is 7.30. The van der Waals surface area contributed by atoms with Crippen molar-refractivity contribution < 1.29 is 31.4 Å². The number of halogens is 6. The van der Waals surface area contributed by atoms with Crippen LogP contribution in [0.2, 0.25) is 0 Å². The molecule has 3 N–H and O–H groups in total. The van der Waals surface area contributed by atoms with Crippen molar-refractivity contribution in [2.75, 3.05) is 5.73 Å². The molecule has 2 aromatic rings. The molecule has 2 bridgehead atoms. The lowest BCUT2D eigenvalue weighted by atomic mass is 9.49. The number of nitrogens with zero attached hydrogens (tertiary/aromatic N) is 3. The molecule has 0 amide bonds. The van der Waals surface area contributed by atoms with Crippen LogP contribution in [-0.4, -0.2) is 25.8 Å². The van der Waals surface area contributed by atoms with Gasteiger partial charge in [-0.1, -0.05) is 0 Å². The first-order chi connectivity index (χ1) is 12.4. The average molecular weight is 392 g/mol. The molecule has 1 atom stereocenters. The maximum Gasteiger partial charge on any atom is 0.421 e. The van der Waals surface area contributed by atoms with Crippen LogP contribution < -0.4 is 5.73 Å². The number of pyridine rings is 1. The molecule has 0 aromatic carbocycles. The van der Waals surface area contributed by atoms with Crippen LogP contribution in [0.25, 0.3) is 11.3 Å². The smallest absolute Gasteiger partial charge is 0.383 e. The number of nitrogen functional groups attached to an aromatic ring is 1. The third kappa shape index (κ3) is 2.75. The predicted octanol–water partition coefficient (Wildman–Crippen LogP) is 3.65. The molecule has 0 aliphatic heterocycles. The van der Waals surface area contributed by atoms with Crippen LogP contribution in [0.1, 0.15) is 36.8 Å². The second-order valence-electron chi connectivity index (χ2n) is 7.16. The van der Waals surface area contributed by atoms with E-state index in [1.807, 2.05) is 0 Å². The lowest BCUT2D eigenvalue weighted by molar-refractivity contribution is -0.212. The van der Waals surface area contributed by atoms with Gasteiger partial charge in [-0.25, -0.2) is 9.97 Å². The Balaban J connectivity index is 1.81. The van der Waals surface area contributed by atoms with E-state index in [4.69, 9.17) is 5.73 Å². The first-order valence-corrected chi connectivity index (χ1v) is 8.08. The van der Waals surface area contributed by atoms with E-state index in [1.165, 1.54) is 10.8 Å². The monoisotopic (exact) mass is 392 g/mol. The highest BCUT2D eigenvalue weighted by Crippen LogP contribution is 2.63. The SMILES string of the molecule is Nc1ncc(-c2cn(C34CC(C3)C4)c([C@@H](O)C(F)(F)F)n2)cc1C(F)(F)F. The number of anilines is 1. The van der Waals surface area contributed by atoms with Crippen LogP contribution in [0.3, 0.4) is 0 Å². The Morgan fingerprint density at radius 3 is 2.30 bits per heavy atom. The molecule has 3 saturated carbocycles. The quantitative estimate of drug-likeness (QED) is 0.782. The number of hydrogen-bond donors (Lipinski definition) is 2. The summed E-state index contributed by atoms with van der Waals surface area (Å²) < 4.78 is 79.5. The van der Waals surface area contributed by atoms with Crippen LogP contribution in [-0.2, 0) is 11.7 Å². The van der Waals surface area contributed by atoms with E-state index in [0.29, 0.717) is 31.2 Å². The van der Waals surface area contributed by atoms with Crippen molar-refractivity contribution in [1.82, 2.24) is 14.5 Å². The molecule has 0 unspecified atom stereocenters. The van der Waals surface area contributed by atoms with Crippen LogP contribution in [0.4, 0.5) is 32.2 Å². The maximum absolute atomic E-state index is 13.0. The van der Waals surface area contributed by atoms with Crippen LogP contribution in [0.5, 0.6) is 0 Å². The van der Waals surface area contributed by atoms with Gasteiger partial charge in [0.25, 0.3) is 0 Å². The highest BCUT2D eigenvalue weighted by molar-refractivity contribution is 5.62. The molecule has 0 radical (unpaired) electrons. The molecule has 3 aliphatic carbocycles. The summed E-state index contributed by atoms with van der Waals surface area (Å²) in [5.41, 5.74) is 3.25. The molecule has 3 fully saturated rings. The first kappa shape index (κ1) is 18.1. The number of imidazole rings is 1. The van der Waals surface area contributed by atoms with E-state index in [2.05, 4.69) is 9.97 Å². The highest BCUT2D eigenvalue weighted by Gasteiger charge is 2.59. The fourth-order valence-corrected chi connectivity index (χ4v) is 3.82. The van der Waals surface area contributed by atoms with Gasteiger partial charge in [0.1, 0.15) is 11.6 Å². The van der Waals surface area contributed by atoms with Gasteiger partial charge in [0.15, 0.2) is 0 Å². The number of alkyl halides is 6. The van der Waals surface area contributed by atoms with Gasteiger partial charge in [-0.2, -0.15) is 26.3 Å². The van der Waals surface area contributed by atoms with Crippen molar-refractivity contribution in [3.05, 3.63) is 29.8 Å². The number of rotatable bonds is 3. The van der Waals surface area contributed by atoms with Crippen molar-refractivity contribution in [2.45, 2.75) is 43.3 Å². The van der Waals surface area contributed by atoms with Gasteiger partial charge in [0, 0.05) is 23.5 Å². The minimum absolute atomic E-state index is 0.127. The van der Waals surface area contributed by atoms with Crippen molar-refractivity contribution in [1.29, 1.82) is 0 Å². The number of hydrogen-bond acceptors (Lipinski definition) is 4. The van der Waals surface area contributed by atoms with Gasteiger partial charge in [-0.3, -0.25) is 0 Å². The molecule has 146 valence electrons. The van der Waals surface area contributed by atoms with Crippen molar-refractivity contribution >= 4 is 5.82 Å². The summed E-state index contributed by atoms with van der Waals surface area (Å²) >= 11 is 0. The fourth-order valence-electron chi connectivity index (χ4n) is 3.82. The zero-order valence-electron chi connectivity index (χ0n) is 13.6. The largest absolute Gasteiger partial charge is 0.421 e. The molecule has 2 heterocycles. The minimum atomic E-state index is -4.94. The summed E-state index contributed by atoms with van der Waals surface area (Å²) in [5.74, 6) is -0.927. The minimum Gasteiger partial charge on any atom is -0.383 e. The Bertz CT molecular complexity index is 886. The summed E-state index contributed by atoms with van der Waals surface area (Å²) in [6.45, 7) is 0. The number of aromatic nitrogens is 3. The normalized spacial score (nSPS) is 25.7. The van der Waals surface area contributed by atoms with E-state index >= 15 is 0 Å². The van der Waals surface area contributed by atoms with Crippen molar-refractivity contribution in [3.8, 4) is 11.3 Å². The molecule has 27 heavy (non-hydrogen) atoms. The highest BCUT2D eigenvalue weighted by atomic mass is 19.4. The summed E-state index contributed by atoms with van der Waals surface area (Å²) in [5, 5.41) is 9.70. The van der Waals surface area contributed by atoms with Crippen LogP contribution >= 0.6 is 0 Å². The van der Waals surface area contributed by atoms with E-state index in [1.54, 1.807) is 0 Å². The molecular weight excluding hydrogens is 378 g/mol. The molecule has 2 aromatic heterocycles. The predicted molar refractivity (Wildman–Crippen MR) is 81.2 cm³/mol. The Morgan fingerprint density at radius 1 is 1.19 bits per heavy atom. The standard InChI is InChI=1S/C16H14F6N4O/c17-15(18,19)9-1-8(5-24-12(9)23)10-6-26(14-2-7(3-14)4-14)13(25-10)11(27)16(20,21)22/h1,5-7,11,27H,2-4H2,(H2,23,24)/t7?,11-,14?/m1/s1. The van der Waals surface area contributed by atoms with E-state index in [9.17, 15) is 31.4 Å². The molecule has 0 saturated heterocycles. The van der Waals surface area contributed by atoms with Crippen LogP contribution in [0, 0.1) is 5.92 Å². The Kier molecular flexibility index (Phi) is 3.59. The van der Waals surface area contributed by atoms with Gasteiger partial charge in [-0.05, 0) is 31.2 Å². The summed E-state index contributed by atoms with van der Waals surface area (Å²) in [7, 11) is 0. The Hall–Kier alpha value is -2.30.